The normalized spacial score (nSPS) is 17.2. The molecular formula is C36H45N3O7. The van der Waals surface area contributed by atoms with E-state index in [4.69, 9.17) is 9.47 Å². The second-order valence-corrected chi connectivity index (χ2v) is 11.9. The van der Waals surface area contributed by atoms with E-state index in [-0.39, 0.29) is 56.4 Å². The van der Waals surface area contributed by atoms with Crippen LogP contribution in [0.5, 0.6) is 0 Å². The highest BCUT2D eigenvalue weighted by Gasteiger charge is 2.32. The first-order valence-corrected chi connectivity index (χ1v) is 16.0. The summed E-state index contributed by atoms with van der Waals surface area (Å²) in [6.07, 6.45) is 5.10. The van der Waals surface area contributed by atoms with E-state index in [9.17, 15) is 24.3 Å². The fourth-order valence-corrected chi connectivity index (χ4v) is 6.19. The molecule has 46 heavy (non-hydrogen) atoms. The molecule has 0 aromatic heterocycles. The molecule has 246 valence electrons. The Hall–Kier alpha value is -4.44. The van der Waals surface area contributed by atoms with Gasteiger partial charge in [0, 0.05) is 18.9 Å². The predicted molar refractivity (Wildman–Crippen MR) is 175 cm³/mol. The third-order valence-electron chi connectivity index (χ3n) is 8.60. The summed E-state index contributed by atoms with van der Waals surface area (Å²) >= 11 is 0. The number of hydrogen-bond acceptors (Lipinski definition) is 7. The van der Waals surface area contributed by atoms with E-state index in [1.807, 2.05) is 36.4 Å². The first kappa shape index (κ1) is 34.4. The van der Waals surface area contributed by atoms with Crippen LogP contribution in [0.4, 0.5) is 4.79 Å². The number of allylic oxidation sites excluding steroid dienone is 2. The predicted octanol–water partition coefficient (Wildman–Crippen LogP) is 4.47. The molecule has 0 radical (unpaired) electrons. The fraction of sp³-hybridized carbons (Fsp3) is 0.444. The van der Waals surface area contributed by atoms with Gasteiger partial charge >= 0.3 is 12.1 Å². The van der Waals surface area contributed by atoms with E-state index in [0.717, 1.165) is 35.1 Å². The lowest BCUT2D eigenvalue weighted by molar-refractivity contribution is -0.147. The molecule has 2 aromatic carbocycles. The van der Waals surface area contributed by atoms with E-state index < -0.39 is 30.1 Å². The Labute approximate surface area is 270 Å². The smallest absolute Gasteiger partial charge is 0.407 e. The maximum absolute atomic E-state index is 13.0. The zero-order valence-electron chi connectivity index (χ0n) is 26.5. The average Bonchev–Trinajstić information content (AvgIpc) is 3.67. The van der Waals surface area contributed by atoms with Crippen LogP contribution in [0.2, 0.25) is 0 Å². The summed E-state index contributed by atoms with van der Waals surface area (Å²) in [6, 6.07) is 14.3. The van der Waals surface area contributed by atoms with Crippen molar-refractivity contribution in [1.29, 1.82) is 0 Å². The van der Waals surface area contributed by atoms with Crippen LogP contribution >= 0.6 is 0 Å². The summed E-state index contributed by atoms with van der Waals surface area (Å²) in [5.74, 6) is -1.94. The summed E-state index contributed by atoms with van der Waals surface area (Å²) in [7, 11) is 0. The number of nitrogens with one attached hydrogen (secondary N) is 2. The van der Waals surface area contributed by atoms with Gasteiger partial charge < -0.3 is 30.1 Å². The van der Waals surface area contributed by atoms with Crippen molar-refractivity contribution < 1.29 is 33.8 Å². The summed E-state index contributed by atoms with van der Waals surface area (Å²) in [5, 5.41) is 15.0. The number of benzene rings is 2. The number of nitrogens with zero attached hydrogens (tertiary/aromatic N) is 1. The Bertz CT molecular complexity index is 1360. The van der Waals surface area contributed by atoms with Gasteiger partial charge in [0.25, 0.3) is 0 Å². The number of carbonyl (C=O) groups is 4. The van der Waals surface area contributed by atoms with Crippen molar-refractivity contribution in [2.24, 2.45) is 5.92 Å². The minimum atomic E-state index is -0.970. The van der Waals surface area contributed by atoms with Gasteiger partial charge in [-0.05, 0) is 61.3 Å². The Morgan fingerprint density at radius 3 is 2.30 bits per heavy atom. The van der Waals surface area contributed by atoms with Crippen molar-refractivity contribution in [3.63, 3.8) is 0 Å². The number of ether oxygens (including phenoxy) is 2. The highest BCUT2D eigenvalue weighted by atomic mass is 16.6. The molecule has 10 heteroatoms. The number of hydrogen-bond donors (Lipinski definition) is 3. The molecule has 4 rings (SSSR count). The van der Waals surface area contributed by atoms with Gasteiger partial charge in [-0.3, -0.25) is 9.59 Å². The van der Waals surface area contributed by atoms with Crippen LogP contribution in [0.15, 0.2) is 73.8 Å². The second kappa shape index (κ2) is 16.7. The van der Waals surface area contributed by atoms with E-state index in [1.54, 1.807) is 24.0 Å². The highest BCUT2D eigenvalue weighted by molar-refractivity contribution is 5.86. The summed E-state index contributed by atoms with van der Waals surface area (Å²) in [6.45, 7) is 9.56. The number of amides is 3. The molecule has 0 spiro atoms. The summed E-state index contributed by atoms with van der Waals surface area (Å²) < 4.78 is 11.1. The molecule has 1 aliphatic heterocycles. The zero-order chi connectivity index (χ0) is 33.1. The molecular weight excluding hydrogens is 586 g/mol. The number of likely N-dealkylation sites (tertiary alicyclic amines) is 1. The van der Waals surface area contributed by atoms with Crippen molar-refractivity contribution in [3.8, 4) is 11.1 Å². The number of carbonyl (C=O) groups excluding carboxylic acids is 4. The molecule has 1 aliphatic carbocycles. The van der Waals surface area contributed by atoms with E-state index in [0.29, 0.717) is 19.4 Å². The average molecular weight is 632 g/mol. The molecule has 10 nitrogen and oxygen atoms in total. The maximum Gasteiger partial charge on any atom is 0.407 e. The lowest BCUT2D eigenvalue weighted by atomic mass is 9.98. The molecule has 4 atom stereocenters. The van der Waals surface area contributed by atoms with Gasteiger partial charge in [0.15, 0.2) is 0 Å². The number of rotatable bonds is 16. The summed E-state index contributed by atoms with van der Waals surface area (Å²) in [5.41, 5.74) is 4.40. The maximum atomic E-state index is 13.0. The standard InChI is InChI=1S/C36H45N3O7/c1-4-6-18-32(38-36(44)46-23-31-29-16-9-7-14-27(29)28-15-8-10-17-30(28)31)35(43)45-22-24(3)37-34(42)25(12-5-2)20-33(41)39-19-11-13-26(39)21-40/h4-5,7-10,14-17,24-26,31-32,40H,1-2,6,11-13,18-23H2,3H3,(H,37,42)(H,38,44)/t24-,25-,26-,32-/m0/s1. The van der Waals surface area contributed by atoms with Gasteiger partial charge in [-0.15, -0.1) is 13.2 Å². The minimum absolute atomic E-state index is 0.00541. The van der Waals surface area contributed by atoms with Crippen LogP contribution < -0.4 is 10.6 Å². The van der Waals surface area contributed by atoms with Crippen LogP contribution in [-0.4, -0.2) is 78.4 Å². The number of aliphatic hydroxyl groups excluding tert-OH is 1. The number of fused-ring (bicyclic) bond motifs is 3. The number of aliphatic hydroxyl groups is 1. The molecule has 0 unspecified atom stereocenters. The SMILES string of the molecule is C=CCC[C@H](NC(=O)OCC1c2ccccc2-c2ccccc21)C(=O)OC[C@H](C)NC(=O)[C@@H](CC=C)CC(=O)N1CCC[C@H]1CO. The molecule has 2 aromatic rings. The molecule has 1 fully saturated rings. The first-order chi connectivity index (χ1) is 22.3. The van der Waals surface area contributed by atoms with Crippen LogP contribution in [0.3, 0.4) is 0 Å². The van der Waals surface area contributed by atoms with Gasteiger partial charge in [0.1, 0.15) is 19.3 Å². The second-order valence-electron chi connectivity index (χ2n) is 11.9. The monoisotopic (exact) mass is 631 g/mol. The third kappa shape index (κ3) is 8.63. The lowest BCUT2D eigenvalue weighted by Gasteiger charge is -2.26. The molecule has 0 saturated carbocycles. The van der Waals surface area contributed by atoms with Gasteiger partial charge in [-0.2, -0.15) is 0 Å². The Morgan fingerprint density at radius 2 is 1.67 bits per heavy atom. The van der Waals surface area contributed by atoms with Gasteiger partial charge in [-0.1, -0.05) is 60.7 Å². The fourth-order valence-electron chi connectivity index (χ4n) is 6.19. The summed E-state index contributed by atoms with van der Waals surface area (Å²) in [4.78, 5) is 53.4. The minimum Gasteiger partial charge on any atom is -0.462 e. The van der Waals surface area contributed by atoms with Crippen molar-refractivity contribution in [2.75, 3.05) is 26.4 Å². The van der Waals surface area contributed by atoms with E-state index >= 15 is 0 Å². The first-order valence-electron chi connectivity index (χ1n) is 16.0. The highest BCUT2D eigenvalue weighted by Crippen LogP contribution is 2.44. The topological polar surface area (TPSA) is 134 Å². The van der Waals surface area contributed by atoms with Crippen LogP contribution in [0.1, 0.15) is 62.5 Å². The van der Waals surface area contributed by atoms with Gasteiger partial charge in [-0.25, -0.2) is 9.59 Å². The Morgan fingerprint density at radius 1 is 1.00 bits per heavy atom. The van der Waals surface area contributed by atoms with Crippen molar-refractivity contribution >= 4 is 23.9 Å². The van der Waals surface area contributed by atoms with Gasteiger partial charge in [0.05, 0.1) is 24.6 Å². The largest absolute Gasteiger partial charge is 0.462 e. The number of alkyl carbamates (subject to hydrolysis) is 1. The molecule has 3 N–H and O–H groups in total. The van der Waals surface area contributed by atoms with E-state index in [1.165, 1.54) is 0 Å². The Kier molecular flexibility index (Phi) is 12.5. The van der Waals surface area contributed by atoms with E-state index in [2.05, 4.69) is 35.9 Å². The molecule has 1 heterocycles. The lowest BCUT2D eigenvalue weighted by Crippen LogP contribution is -2.45. The Balaban J connectivity index is 1.28. The molecule has 0 bridgehead atoms. The zero-order valence-corrected chi connectivity index (χ0v) is 26.5. The number of esters is 1. The van der Waals surface area contributed by atoms with Crippen LogP contribution in [0.25, 0.3) is 11.1 Å². The third-order valence-corrected chi connectivity index (χ3v) is 8.60. The van der Waals surface area contributed by atoms with Crippen molar-refractivity contribution in [1.82, 2.24) is 15.5 Å². The van der Waals surface area contributed by atoms with Crippen LogP contribution in [0, 0.1) is 5.92 Å². The molecule has 2 aliphatic rings. The van der Waals surface area contributed by atoms with Crippen LogP contribution in [-0.2, 0) is 23.9 Å². The quantitative estimate of drug-likeness (QED) is 0.184. The van der Waals surface area contributed by atoms with Crippen molar-refractivity contribution in [2.45, 2.75) is 69.5 Å². The molecule has 1 saturated heterocycles. The van der Waals surface area contributed by atoms with Gasteiger partial charge in [0.2, 0.25) is 11.8 Å². The molecule has 3 amide bonds. The van der Waals surface area contributed by atoms with Crippen molar-refractivity contribution in [3.05, 3.63) is 85.0 Å².